The Morgan fingerprint density at radius 2 is 2.00 bits per heavy atom. The van der Waals surface area contributed by atoms with Crippen molar-refractivity contribution in [2.75, 3.05) is 40.5 Å². The molecule has 1 atom stereocenters. The number of methoxy groups -OCH3 is 2. The first-order chi connectivity index (χ1) is 9.85. The van der Waals surface area contributed by atoms with Gasteiger partial charge in [-0.3, -0.25) is 0 Å². The fourth-order valence-corrected chi connectivity index (χ4v) is 2.25. The minimum absolute atomic E-state index is 0.357. The van der Waals surface area contributed by atoms with Crippen molar-refractivity contribution in [1.29, 1.82) is 0 Å². The van der Waals surface area contributed by atoms with Crippen LogP contribution in [0.2, 0.25) is 0 Å². The molecule has 0 aliphatic carbocycles. The molecule has 1 fully saturated rings. The lowest BCUT2D eigenvalue weighted by molar-refractivity contribution is 0.109. The minimum atomic E-state index is 0.357. The normalized spacial score (nSPS) is 18.0. The van der Waals surface area contributed by atoms with E-state index in [9.17, 15) is 0 Å². The molecule has 1 aromatic carbocycles. The summed E-state index contributed by atoms with van der Waals surface area (Å²) in [4.78, 5) is 0. The van der Waals surface area contributed by atoms with Gasteiger partial charge in [0.1, 0.15) is 6.61 Å². The highest BCUT2D eigenvalue weighted by Gasteiger charge is 2.14. The molecule has 20 heavy (non-hydrogen) atoms. The number of ether oxygens (including phenoxy) is 4. The van der Waals surface area contributed by atoms with Crippen LogP contribution in [0.15, 0.2) is 18.2 Å². The molecule has 1 saturated heterocycles. The lowest BCUT2D eigenvalue weighted by Gasteiger charge is -2.15. The third kappa shape index (κ3) is 4.02. The first kappa shape index (κ1) is 14.9. The van der Waals surface area contributed by atoms with Gasteiger partial charge in [0.25, 0.3) is 0 Å². The molecule has 1 aliphatic heterocycles. The van der Waals surface area contributed by atoms with Crippen molar-refractivity contribution in [3.8, 4) is 17.2 Å². The van der Waals surface area contributed by atoms with Crippen LogP contribution >= 0.6 is 0 Å². The lowest BCUT2D eigenvalue weighted by Crippen LogP contribution is -2.29. The van der Waals surface area contributed by atoms with Gasteiger partial charge in [0, 0.05) is 19.7 Å². The van der Waals surface area contributed by atoms with Crippen LogP contribution in [-0.2, 0) is 4.74 Å². The van der Waals surface area contributed by atoms with Crippen LogP contribution in [0.25, 0.3) is 0 Å². The summed E-state index contributed by atoms with van der Waals surface area (Å²) >= 11 is 0. The van der Waals surface area contributed by atoms with Gasteiger partial charge in [-0.05, 0) is 25.0 Å². The Morgan fingerprint density at radius 3 is 2.60 bits per heavy atom. The number of rotatable bonds is 8. The molecule has 5 heteroatoms. The monoisotopic (exact) mass is 281 g/mol. The maximum Gasteiger partial charge on any atom is 0.203 e. The summed E-state index contributed by atoms with van der Waals surface area (Å²) in [7, 11) is 3.24. The number of hydrogen-bond acceptors (Lipinski definition) is 5. The quantitative estimate of drug-likeness (QED) is 0.737. The molecule has 0 spiro atoms. The molecule has 0 radical (unpaired) electrons. The van der Waals surface area contributed by atoms with Crippen molar-refractivity contribution >= 4 is 0 Å². The Kier molecular flexibility index (Phi) is 5.95. The van der Waals surface area contributed by atoms with Crippen LogP contribution in [0.1, 0.15) is 12.8 Å². The van der Waals surface area contributed by atoms with E-state index in [-0.39, 0.29) is 0 Å². The van der Waals surface area contributed by atoms with Gasteiger partial charge in [-0.1, -0.05) is 6.07 Å². The van der Waals surface area contributed by atoms with E-state index in [2.05, 4.69) is 5.32 Å². The standard InChI is InChI=1S/C15H23NO4/c1-17-13-6-3-7-14(18-2)15(13)20-10-8-16-11-12-5-4-9-19-12/h3,6-7,12,16H,4-5,8-11H2,1-2H3/t12-/m0/s1. The number of para-hydroxylation sites is 1. The second-order valence-electron chi connectivity index (χ2n) is 4.68. The summed E-state index contributed by atoms with van der Waals surface area (Å²) in [6, 6.07) is 5.59. The Labute approximate surface area is 120 Å². The third-order valence-corrected chi connectivity index (χ3v) is 3.30. The third-order valence-electron chi connectivity index (χ3n) is 3.30. The van der Waals surface area contributed by atoms with Gasteiger partial charge in [0.05, 0.1) is 20.3 Å². The predicted octanol–water partition coefficient (Wildman–Crippen LogP) is 1.85. The molecule has 1 aliphatic rings. The SMILES string of the molecule is COc1cccc(OC)c1OCCNC[C@@H]1CCCO1. The fourth-order valence-electron chi connectivity index (χ4n) is 2.25. The molecular weight excluding hydrogens is 258 g/mol. The summed E-state index contributed by atoms with van der Waals surface area (Å²) in [6.07, 6.45) is 2.67. The van der Waals surface area contributed by atoms with E-state index < -0.39 is 0 Å². The fraction of sp³-hybridized carbons (Fsp3) is 0.600. The van der Waals surface area contributed by atoms with Gasteiger partial charge in [-0.15, -0.1) is 0 Å². The number of hydrogen-bond donors (Lipinski definition) is 1. The van der Waals surface area contributed by atoms with Crippen molar-refractivity contribution in [3.63, 3.8) is 0 Å². The van der Waals surface area contributed by atoms with Gasteiger partial charge in [-0.25, -0.2) is 0 Å². The second-order valence-corrected chi connectivity index (χ2v) is 4.68. The maximum absolute atomic E-state index is 5.76. The molecule has 1 N–H and O–H groups in total. The zero-order valence-electron chi connectivity index (χ0n) is 12.2. The summed E-state index contributed by atoms with van der Waals surface area (Å²) in [5.74, 6) is 2.02. The van der Waals surface area contributed by atoms with E-state index in [1.54, 1.807) is 14.2 Å². The smallest absolute Gasteiger partial charge is 0.203 e. The summed E-state index contributed by atoms with van der Waals surface area (Å²) in [6.45, 7) is 3.10. The zero-order valence-corrected chi connectivity index (χ0v) is 12.2. The van der Waals surface area contributed by atoms with Crippen molar-refractivity contribution < 1.29 is 18.9 Å². The van der Waals surface area contributed by atoms with Gasteiger partial charge in [0.15, 0.2) is 11.5 Å². The van der Waals surface area contributed by atoms with Crippen LogP contribution in [-0.4, -0.2) is 46.6 Å². The molecule has 0 amide bonds. The van der Waals surface area contributed by atoms with Gasteiger partial charge < -0.3 is 24.3 Å². The lowest BCUT2D eigenvalue weighted by atomic mass is 10.2. The summed E-state index contributed by atoms with van der Waals surface area (Å²) in [5, 5.41) is 3.34. The highest BCUT2D eigenvalue weighted by Crippen LogP contribution is 2.36. The molecule has 0 aromatic heterocycles. The van der Waals surface area contributed by atoms with Crippen LogP contribution in [0.4, 0.5) is 0 Å². The van der Waals surface area contributed by atoms with E-state index in [1.807, 2.05) is 18.2 Å². The summed E-state index contributed by atoms with van der Waals surface area (Å²) < 4.78 is 21.9. The van der Waals surface area contributed by atoms with Crippen molar-refractivity contribution in [2.45, 2.75) is 18.9 Å². The van der Waals surface area contributed by atoms with E-state index in [1.165, 1.54) is 6.42 Å². The van der Waals surface area contributed by atoms with Crippen LogP contribution in [0.5, 0.6) is 17.2 Å². The molecule has 1 aromatic rings. The van der Waals surface area contributed by atoms with Gasteiger partial charge in [0.2, 0.25) is 5.75 Å². The molecule has 0 bridgehead atoms. The maximum atomic E-state index is 5.76. The van der Waals surface area contributed by atoms with Crippen molar-refractivity contribution in [2.24, 2.45) is 0 Å². The molecule has 2 rings (SSSR count). The Balaban J connectivity index is 1.75. The van der Waals surface area contributed by atoms with E-state index >= 15 is 0 Å². The molecule has 112 valence electrons. The number of benzene rings is 1. The highest BCUT2D eigenvalue weighted by atomic mass is 16.5. The van der Waals surface area contributed by atoms with Crippen LogP contribution in [0.3, 0.4) is 0 Å². The average molecular weight is 281 g/mol. The van der Waals surface area contributed by atoms with E-state index in [4.69, 9.17) is 18.9 Å². The summed E-state index contributed by atoms with van der Waals surface area (Å²) in [5.41, 5.74) is 0. The first-order valence-corrected chi connectivity index (χ1v) is 7.01. The molecule has 0 saturated carbocycles. The first-order valence-electron chi connectivity index (χ1n) is 7.01. The van der Waals surface area contributed by atoms with Crippen LogP contribution in [0, 0.1) is 0 Å². The van der Waals surface area contributed by atoms with Crippen molar-refractivity contribution in [3.05, 3.63) is 18.2 Å². The Hall–Kier alpha value is -1.46. The Morgan fingerprint density at radius 1 is 1.25 bits per heavy atom. The predicted molar refractivity (Wildman–Crippen MR) is 76.9 cm³/mol. The average Bonchev–Trinajstić information content (AvgIpc) is 3.00. The second kappa shape index (κ2) is 7.97. The molecular formula is C15H23NO4. The Bertz CT molecular complexity index is 383. The topological polar surface area (TPSA) is 49.0 Å². The van der Waals surface area contributed by atoms with E-state index in [0.717, 1.165) is 26.1 Å². The van der Waals surface area contributed by atoms with Crippen LogP contribution < -0.4 is 19.5 Å². The van der Waals surface area contributed by atoms with Gasteiger partial charge in [-0.2, -0.15) is 0 Å². The number of nitrogens with one attached hydrogen (secondary N) is 1. The van der Waals surface area contributed by atoms with Crippen molar-refractivity contribution in [1.82, 2.24) is 5.32 Å². The molecule has 0 unspecified atom stereocenters. The highest BCUT2D eigenvalue weighted by molar-refractivity contribution is 5.51. The van der Waals surface area contributed by atoms with E-state index in [0.29, 0.717) is 30.0 Å². The zero-order chi connectivity index (χ0) is 14.2. The molecule has 5 nitrogen and oxygen atoms in total. The largest absolute Gasteiger partial charge is 0.493 e. The molecule has 1 heterocycles. The van der Waals surface area contributed by atoms with Gasteiger partial charge >= 0.3 is 0 Å². The minimum Gasteiger partial charge on any atom is -0.493 e.